The second-order valence-electron chi connectivity index (χ2n) is 4.18. The van der Waals surface area contributed by atoms with E-state index in [1.165, 1.54) is 11.3 Å². The number of nitrogens with one attached hydrogen (secondary N) is 1. The first-order chi connectivity index (χ1) is 9.56. The number of fused-ring (bicyclic) bond motifs is 1. The first-order valence-corrected chi connectivity index (χ1v) is 7.69. The van der Waals surface area contributed by atoms with Gasteiger partial charge >= 0.3 is 0 Å². The van der Waals surface area contributed by atoms with Gasteiger partial charge in [-0.05, 0) is 43.1 Å². The Hall–Kier alpha value is -1.57. The van der Waals surface area contributed by atoms with E-state index in [2.05, 4.69) is 19.9 Å². The number of carbonyl (C=O) groups excluding carboxylic acids is 1. The smallest absolute Gasteiger partial charge is 0.271 e. The first kappa shape index (κ1) is 13.4. The number of benzene rings is 1. The fraction of sp³-hybridized carbons (Fsp3) is 0.167. The molecule has 1 N–H and O–H groups in total. The predicted molar refractivity (Wildman–Crippen MR) is 82.0 cm³/mol. The number of amides is 1. The topological polar surface area (TPSA) is 67.8 Å². The van der Waals surface area contributed by atoms with Gasteiger partial charge in [0.2, 0.25) is 0 Å². The summed E-state index contributed by atoms with van der Waals surface area (Å²) < 4.78 is 4.74. The van der Waals surface area contributed by atoms with Gasteiger partial charge in [-0.25, -0.2) is 4.98 Å². The van der Waals surface area contributed by atoms with E-state index in [0.29, 0.717) is 20.7 Å². The Morgan fingerprint density at radius 3 is 2.85 bits per heavy atom. The summed E-state index contributed by atoms with van der Waals surface area (Å²) in [4.78, 5) is 17.0. The summed E-state index contributed by atoms with van der Waals surface area (Å²) >= 11 is 8.55. The van der Waals surface area contributed by atoms with E-state index in [1.54, 1.807) is 6.92 Å². The third-order valence-electron chi connectivity index (χ3n) is 2.83. The van der Waals surface area contributed by atoms with Crippen LogP contribution in [0.4, 0.5) is 5.13 Å². The van der Waals surface area contributed by atoms with E-state index in [9.17, 15) is 4.79 Å². The lowest BCUT2D eigenvalue weighted by atomic mass is 10.2. The van der Waals surface area contributed by atoms with Crippen LogP contribution in [-0.4, -0.2) is 20.5 Å². The van der Waals surface area contributed by atoms with Crippen molar-refractivity contribution in [3.8, 4) is 0 Å². The van der Waals surface area contributed by atoms with Gasteiger partial charge < -0.3 is 0 Å². The highest BCUT2D eigenvalue weighted by Gasteiger charge is 2.16. The van der Waals surface area contributed by atoms with E-state index < -0.39 is 0 Å². The standard InChI is InChI=1S/C12H9ClN4OS2/c1-5-7(13)3-4-8-9(5)14-12(19-8)15-11(18)10-6(2)16-17-20-10/h3-4H,1-2H3,(H,14,15,18). The van der Waals surface area contributed by atoms with Crippen molar-refractivity contribution in [1.29, 1.82) is 0 Å². The lowest BCUT2D eigenvalue weighted by molar-refractivity contribution is 0.103. The zero-order valence-electron chi connectivity index (χ0n) is 10.6. The molecule has 20 heavy (non-hydrogen) atoms. The Kier molecular flexibility index (Phi) is 3.41. The van der Waals surface area contributed by atoms with Crippen LogP contribution < -0.4 is 5.32 Å². The molecule has 0 atom stereocenters. The molecule has 5 nitrogen and oxygen atoms in total. The van der Waals surface area contributed by atoms with Crippen molar-refractivity contribution < 1.29 is 4.79 Å². The molecule has 3 aromatic rings. The quantitative estimate of drug-likeness (QED) is 0.781. The Balaban J connectivity index is 1.94. The maximum Gasteiger partial charge on any atom is 0.271 e. The molecule has 0 fully saturated rings. The van der Waals surface area contributed by atoms with Crippen molar-refractivity contribution in [1.82, 2.24) is 14.6 Å². The fourth-order valence-corrected chi connectivity index (χ4v) is 3.37. The summed E-state index contributed by atoms with van der Waals surface area (Å²) in [5.74, 6) is -0.236. The molecule has 3 rings (SSSR count). The van der Waals surface area contributed by atoms with Crippen molar-refractivity contribution in [2.75, 3.05) is 5.32 Å². The second kappa shape index (κ2) is 5.08. The summed E-state index contributed by atoms with van der Waals surface area (Å²) in [5.41, 5.74) is 2.35. The highest BCUT2D eigenvalue weighted by Crippen LogP contribution is 2.31. The van der Waals surface area contributed by atoms with Crippen LogP contribution in [0.5, 0.6) is 0 Å². The molecule has 1 aromatic carbocycles. The zero-order chi connectivity index (χ0) is 14.3. The van der Waals surface area contributed by atoms with Crippen LogP contribution >= 0.6 is 34.5 Å². The Bertz CT molecular complexity index is 811. The lowest BCUT2D eigenvalue weighted by Crippen LogP contribution is -2.11. The Morgan fingerprint density at radius 2 is 2.15 bits per heavy atom. The third kappa shape index (κ3) is 2.28. The highest BCUT2D eigenvalue weighted by molar-refractivity contribution is 7.22. The second-order valence-corrected chi connectivity index (χ2v) is 6.37. The van der Waals surface area contributed by atoms with Gasteiger partial charge in [0.05, 0.1) is 15.9 Å². The first-order valence-electron chi connectivity index (χ1n) is 5.72. The van der Waals surface area contributed by atoms with E-state index in [1.807, 2.05) is 19.1 Å². The molecule has 8 heteroatoms. The molecule has 0 aliphatic carbocycles. The van der Waals surface area contributed by atoms with Crippen LogP contribution in [0.15, 0.2) is 12.1 Å². The van der Waals surface area contributed by atoms with Gasteiger partial charge in [-0.3, -0.25) is 10.1 Å². The van der Waals surface area contributed by atoms with Crippen molar-refractivity contribution >= 4 is 55.7 Å². The number of hydrogen-bond donors (Lipinski definition) is 1. The van der Waals surface area contributed by atoms with E-state index in [4.69, 9.17) is 11.6 Å². The highest BCUT2D eigenvalue weighted by atomic mass is 35.5. The Morgan fingerprint density at radius 1 is 1.35 bits per heavy atom. The number of nitrogens with zero attached hydrogens (tertiary/aromatic N) is 3. The summed E-state index contributed by atoms with van der Waals surface area (Å²) in [7, 11) is 0. The van der Waals surface area contributed by atoms with Gasteiger partial charge in [0.25, 0.3) is 5.91 Å². The van der Waals surface area contributed by atoms with E-state index in [0.717, 1.165) is 27.3 Å². The average molecular weight is 325 g/mol. The van der Waals surface area contributed by atoms with Gasteiger partial charge in [0.15, 0.2) is 5.13 Å². The monoisotopic (exact) mass is 324 g/mol. The lowest BCUT2D eigenvalue weighted by Gasteiger charge is -1.98. The molecule has 0 spiro atoms. The summed E-state index contributed by atoms with van der Waals surface area (Å²) in [5, 5.41) is 7.81. The molecular formula is C12H9ClN4OS2. The number of aryl methyl sites for hydroxylation is 2. The Labute approximate surface area is 127 Å². The SMILES string of the molecule is Cc1nnsc1C(=O)Nc1nc2c(C)c(Cl)ccc2s1. The minimum atomic E-state index is -0.236. The number of halogens is 1. The maximum atomic E-state index is 12.1. The van der Waals surface area contributed by atoms with Crippen LogP contribution in [-0.2, 0) is 0 Å². The number of hydrogen-bond acceptors (Lipinski definition) is 6. The van der Waals surface area contributed by atoms with Crippen LogP contribution in [0.1, 0.15) is 20.9 Å². The largest absolute Gasteiger partial charge is 0.297 e. The molecule has 102 valence electrons. The van der Waals surface area contributed by atoms with Crippen LogP contribution in [0.2, 0.25) is 5.02 Å². The van der Waals surface area contributed by atoms with Gasteiger partial charge in [-0.1, -0.05) is 27.4 Å². The van der Waals surface area contributed by atoms with E-state index in [-0.39, 0.29) is 5.91 Å². The maximum absolute atomic E-state index is 12.1. The summed E-state index contributed by atoms with van der Waals surface area (Å²) in [6, 6.07) is 3.73. The number of thiazole rings is 1. The molecule has 2 heterocycles. The molecule has 2 aromatic heterocycles. The van der Waals surface area contributed by atoms with Crippen molar-refractivity contribution in [3.05, 3.63) is 33.3 Å². The summed E-state index contributed by atoms with van der Waals surface area (Å²) in [6.45, 7) is 3.66. The number of aromatic nitrogens is 3. The number of rotatable bonds is 2. The van der Waals surface area contributed by atoms with Gasteiger partial charge in [-0.15, -0.1) is 5.10 Å². The summed E-state index contributed by atoms with van der Waals surface area (Å²) in [6.07, 6.45) is 0. The predicted octanol–water partition coefficient (Wildman–Crippen LogP) is 3.67. The van der Waals surface area contributed by atoms with Crippen molar-refractivity contribution in [2.45, 2.75) is 13.8 Å². The number of anilines is 1. The van der Waals surface area contributed by atoms with Crippen LogP contribution in [0.3, 0.4) is 0 Å². The molecular weight excluding hydrogens is 316 g/mol. The zero-order valence-corrected chi connectivity index (χ0v) is 13.0. The third-order valence-corrected chi connectivity index (χ3v) is 5.00. The molecule has 0 radical (unpaired) electrons. The average Bonchev–Trinajstić information content (AvgIpc) is 3.00. The van der Waals surface area contributed by atoms with E-state index >= 15 is 0 Å². The normalized spacial score (nSPS) is 10.9. The van der Waals surface area contributed by atoms with Gasteiger partial charge in [0.1, 0.15) is 4.88 Å². The molecule has 0 bridgehead atoms. The minimum absolute atomic E-state index is 0.236. The number of carbonyl (C=O) groups is 1. The van der Waals surface area contributed by atoms with Crippen LogP contribution in [0.25, 0.3) is 10.2 Å². The molecule has 1 amide bonds. The molecule has 0 saturated carbocycles. The minimum Gasteiger partial charge on any atom is -0.297 e. The molecule has 0 saturated heterocycles. The van der Waals surface area contributed by atoms with Crippen molar-refractivity contribution in [3.63, 3.8) is 0 Å². The molecule has 0 aliphatic heterocycles. The molecule has 0 aliphatic rings. The van der Waals surface area contributed by atoms with Crippen molar-refractivity contribution in [2.24, 2.45) is 0 Å². The van der Waals surface area contributed by atoms with Gasteiger partial charge in [-0.2, -0.15) is 0 Å². The molecule has 0 unspecified atom stereocenters. The van der Waals surface area contributed by atoms with Crippen LogP contribution in [0, 0.1) is 13.8 Å². The fourth-order valence-electron chi connectivity index (χ4n) is 1.75. The van der Waals surface area contributed by atoms with Gasteiger partial charge in [0, 0.05) is 5.02 Å².